The van der Waals surface area contributed by atoms with E-state index in [1.54, 1.807) is 6.33 Å². The van der Waals surface area contributed by atoms with Crippen LogP contribution in [0.25, 0.3) is 0 Å². The smallest absolute Gasteiger partial charge is 0.140 e. The summed E-state index contributed by atoms with van der Waals surface area (Å²) >= 11 is 5.93. The summed E-state index contributed by atoms with van der Waals surface area (Å²) in [4.78, 5) is 6.75. The highest BCUT2D eigenvalue weighted by molar-refractivity contribution is 6.18. The molecule has 0 aliphatic carbocycles. The molecule has 0 radical (unpaired) electrons. The molecule has 1 aromatic rings. The topological polar surface area (TPSA) is 34.0 Å². The molecule has 2 rings (SSSR count). The fourth-order valence-electron chi connectivity index (χ4n) is 2.30. The maximum Gasteiger partial charge on any atom is 0.140 e. The van der Waals surface area contributed by atoms with E-state index < -0.39 is 0 Å². The number of piperidine rings is 1. The van der Waals surface area contributed by atoms with E-state index in [1.165, 1.54) is 12.8 Å². The second-order valence-corrected chi connectivity index (χ2v) is 4.70. The first-order valence-electron chi connectivity index (χ1n) is 5.98. The Bertz CT molecular complexity index is 326. The van der Waals surface area contributed by atoms with Crippen LogP contribution in [0.3, 0.4) is 0 Å². The van der Waals surface area contributed by atoms with Crippen molar-refractivity contribution < 1.29 is 0 Å². The average molecular weight is 243 g/mol. The van der Waals surface area contributed by atoms with Gasteiger partial charge in [0.2, 0.25) is 0 Å². The van der Waals surface area contributed by atoms with Gasteiger partial charge < -0.3 is 0 Å². The summed E-state index contributed by atoms with van der Waals surface area (Å²) in [5, 5.41) is 4.19. The van der Waals surface area contributed by atoms with Crippen molar-refractivity contribution in [2.24, 2.45) is 5.92 Å². The van der Waals surface area contributed by atoms with Crippen LogP contribution in [-0.2, 0) is 13.1 Å². The minimum Gasteiger partial charge on any atom is -0.296 e. The van der Waals surface area contributed by atoms with Crippen LogP contribution in [0.5, 0.6) is 0 Å². The van der Waals surface area contributed by atoms with Gasteiger partial charge in [-0.1, -0.05) is 0 Å². The number of halogens is 1. The van der Waals surface area contributed by atoms with Gasteiger partial charge in [-0.15, -0.1) is 11.6 Å². The van der Waals surface area contributed by atoms with E-state index in [-0.39, 0.29) is 0 Å². The molecule has 0 saturated carbocycles. The SMILES string of the molecule is CCn1ncnc1CN1CCCC(CCl)C1. The highest BCUT2D eigenvalue weighted by Gasteiger charge is 2.20. The van der Waals surface area contributed by atoms with Crippen molar-refractivity contribution >= 4 is 11.6 Å². The average Bonchev–Trinajstić information content (AvgIpc) is 2.76. The van der Waals surface area contributed by atoms with Crippen molar-refractivity contribution in [3.05, 3.63) is 12.2 Å². The first kappa shape index (κ1) is 11.9. The van der Waals surface area contributed by atoms with Crippen molar-refractivity contribution in [3.8, 4) is 0 Å². The molecule has 1 saturated heterocycles. The number of hydrogen-bond donors (Lipinski definition) is 0. The van der Waals surface area contributed by atoms with E-state index in [0.29, 0.717) is 5.92 Å². The van der Waals surface area contributed by atoms with Crippen LogP contribution in [0.4, 0.5) is 0 Å². The number of alkyl halides is 1. The van der Waals surface area contributed by atoms with Gasteiger partial charge in [0.15, 0.2) is 0 Å². The summed E-state index contributed by atoms with van der Waals surface area (Å²) in [5.41, 5.74) is 0. The van der Waals surface area contributed by atoms with Crippen molar-refractivity contribution in [3.63, 3.8) is 0 Å². The van der Waals surface area contributed by atoms with Gasteiger partial charge in [0, 0.05) is 19.0 Å². The molecule has 1 aromatic heterocycles. The molecule has 1 fully saturated rings. The quantitative estimate of drug-likeness (QED) is 0.755. The van der Waals surface area contributed by atoms with Crippen molar-refractivity contribution in [1.29, 1.82) is 0 Å². The van der Waals surface area contributed by atoms with Gasteiger partial charge >= 0.3 is 0 Å². The van der Waals surface area contributed by atoms with Crippen molar-refractivity contribution in [2.75, 3.05) is 19.0 Å². The Morgan fingerprint density at radius 1 is 1.56 bits per heavy atom. The molecule has 1 unspecified atom stereocenters. The Kier molecular flexibility index (Phi) is 4.18. The van der Waals surface area contributed by atoms with Crippen LogP contribution < -0.4 is 0 Å². The molecule has 0 amide bonds. The van der Waals surface area contributed by atoms with E-state index in [4.69, 9.17) is 11.6 Å². The van der Waals surface area contributed by atoms with Gasteiger partial charge in [-0.3, -0.25) is 4.90 Å². The fourth-order valence-corrected chi connectivity index (χ4v) is 2.55. The van der Waals surface area contributed by atoms with Gasteiger partial charge in [0.1, 0.15) is 12.2 Å². The molecule has 1 atom stereocenters. The third kappa shape index (κ3) is 2.74. The molecule has 0 aromatic carbocycles. The molecule has 1 aliphatic heterocycles. The number of rotatable bonds is 4. The van der Waals surface area contributed by atoms with Gasteiger partial charge in [-0.05, 0) is 32.2 Å². The Labute approximate surface area is 102 Å². The van der Waals surface area contributed by atoms with E-state index in [1.807, 2.05) is 4.68 Å². The molecule has 16 heavy (non-hydrogen) atoms. The predicted molar refractivity (Wildman–Crippen MR) is 64.4 cm³/mol. The molecule has 4 nitrogen and oxygen atoms in total. The lowest BCUT2D eigenvalue weighted by Gasteiger charge is -2.31. The summed E-state index contributed by atoms with van der Waals surface area (Å²) in [6, 6.07) is 0. The molecular weight excluding hydrogens is 224 g/mol. The normalized spacial score (nSPS) is 22.5. The molecule has 5 heteroatoms. The summed E-state index contributed by atoms with van der Waals surface area (Å²) in [5.74, 6) is 2.49. The lowest BCUT2D eigenvalue weighted by molar-refractivity contribution is 0.172. The first-order chi connectivity index (χ1) is 7.83. The second kappa shape index (κ2) is 5.64. The first-order valence-corrected chi connectivity index (χ1v) is 6.52. The zero-order valence-electron chi connectivity index (χ0n) is 9.77. The van der Waals surface area contributed by atoms with Gasteiger partial charge in [-0.25, -0.2) is 9.67 Å². The van der Waals surface area contributed by atoms with Crippen LogP contribution in [-0.4, -0.2) is 38.6 Å². The van der Waals surface area contributed by atoms with Crippen molar-refractivity contribution in [2.45, 2.75) is 32.9 Å². The fraction of sp³-hybridized carbons (Fsp3) is 0.818. The second-order valence-electron chi connectivity index (χ2n) is 4.39. The number of nitrogens with zero attached hydrogens (tertiary/aromatic N) is 4. The van der Waals surface area contributed by atoms with E-state index in [0.717, 1.165) is 37.9 Å². The lowest BCUT2D eigenvalue weighted by Crippen LogP contribution is -2.36. The Morgan fingerprint density at radius 2 is 2.44 bits per heavy atom. The molecule has 0 bridgehead atoms. The van der Waals surface area contributed by atoms with E-state index >= 15 is 0 Å². The van der Waals surface area contributed by atoms with Crippen LogP contribution in [0.1, 0.15) is 25.6 Å². The third-order valence-electron chi connectivity index (χ3n) is 3.18. The van der Waals surface area contributed by atoms with E-state index in [9.17, 15) is 0 Å². The minimum absolute atomic E-state index is 0.647. The number of aromatic nitrogens is 3. The highest BCUT2D eigenvalue weighted by atomic mass is 35.5. The van der Waals surface area contributed by atoms with Gasteiger partial charge in [-0.2, -0.15) is 5.10 Å². The molecule has 0 spiro atoms. The molecule has 90 valence electrons. The van der Waals surface area contributed by atoms with Crippen LogP contribution in [0.15, 0.2) is 6.33 Å². The van der Waals surface area contributed by atoms with Gasteiger partial charge in [0.25, 0.3) is 0 Å². The third-order valence-corrected chi connectivity index (χ3v) is 3.62. The van der Waals surface area contributed by atoms with Crippen LogP contribution >= 0.6 is 11.6 Å². The Morgan fingerprint density at radius 3 is 3.19 bits per heavy atom. The Balaban J connectivity index is 1.93. The number of aryl methyl sites for hydroxylation is 1. The summed E-state index contributed by atoms with van der Waals surface area (Å²) in [6.07, 6.45) is 4.15. The summed E-state index contributed by atoms with van der Waals surface area (Å²) < 4.78 is 1.96. The van der Waals surface area contributed by atoms with Crippen molar-refractivity contribution in [1.82, 2.24) is 19.7 Å². The summed E-state index contributed by atoms with van der Waals surface area (Å²) in [6.45, 7) is 6.14. The number of hydrogen-bond acceptors (Lipinski definition) is 3. The van der Waals surface area contributed by atoms with Crippen LogP contribution in [0, 0.1) is 5.92 Å². The van der Waals surface area contributed by atoms with Crippen LogP contribution in [0.2, 0.25) is 0 Å². The monoisotopic (exact) mass is 242 g/mol. The number of likely N-dealkylation sites (tertiary alicyclic amines) is 1. The van der Waals surface area contributed by atoms with E-state index in [2.05, 4.69) is 21.9 Å². The Hall–Kier alpha value is -0.610. The van der Waals surface area contributed by atoms with Gasteiger partial charge in [0.05, 0.1) is 6.54 Å². The lowest BCUT2D eigenvalue weighted by atomic mass is 10.0. The molecule has 0 N–H and O–H groups in total. The standard InChI is InChI=1S/C11H19ClN4/c1-2-16-11(13-9-14-16)8-15-5-3-4-10(6-12)7-15/h9-10H,2-8H2,1H3. The maximum absolute atomic E-state index is 5.93. The maximum atomic E-state index is 5.93. The highest BCUT2D eigenvalue weighted by Crippen LogP contribution is 2.18. The largest absolute Gasteiger partial charge is 0.296 e. The predicted octanol–water partition coefficient (Wildman–Crippen LogP) is 1.75. The molecule has 1 aliphatic rings. The molecule has 2 heterocycles. The summed E-state index contributed by atoms with van der Waals surface area (Å²) in [7, 11) is 0. The minimum atomic E-state index is 0.647. The zero-order chi connectivity index (χ0) is 11.4. The molecular formula is C11H19ClN4. The zero-order valence-corrected chi connectivity index (χ0v) is 10.5.